The molecule has 5 rings (SSSR count). The second-order valence-corrected chi connectivity index (χ2v) is 8.32. The molecule has 3 heterocycles. The number of amides is 1. The summed E-state index contributed by atoms with van der Waals surface area (Å²) in [7, 11) is 0. The smallest absolute Gasteiger partial charge is 0.406 e. The molecular formula is C23H22F3N3O2. The quantitative estimate of drug-likeness (QED) is 0.608. The summed E-state index contributed by atoms with van der Waals surface area (Å²) in [4.78, 5) is 22.4. The van der Waals surface area contributed by atoms with Gasteiger partial charge in [-0.2, -0.15) is 0 Å². The number of halogens is 3. The molecule has 2 aromatic heterocycles. The van der Waals surface area contributed by atoms with Crippen LogP contribution in [0, 0.1) is 0 Å². The maximum absolute atomic E-state index is 12.8. The highest BCUT2D eigenvalue weighted by Crippen LogP contribution is 2.41. The monoisotopic (exact) mass is 429 g/mol. The van der Waals surface area contributed by atoms with E-state index in [0.29, 0.717) is 30.5 Å². The lowest BCUT2D eigenvalue weighted by Crippen LogP contribution is -2.37. The van der Waals surface area contributed by atoms with E-state index >= 15 is 0 Å². The largest absolute Gasteiger partial charge is 0.573 e. The maximum atomic E-state index is 12.8. The highest BCUT2D eigenvalue weighted by Gasteiger charge is 2.31. The van der Waals surface area contributed by atoms with Crippen molar-refractivity contribution < 1.29 is 22.7 Å². The highest BCUT2D eigenvalue weighted by molar-refractivity contribution is 5.94. The van der Waals surface area contributed by atoms with Gasteiger partial charge in [0.2, 0.25) is 0 Å². The summed E-state index contributed by atoms with van der Waals surface area (Å²) in [5, 5.41) is 1.18. The van der Waals surface area contributed by atoms with Crippen LogP contribution in [0.5, 0.6) is 5.75 Å². The van der Waals surface area contributed by atoms with E-state index in [2.05, 4.69) is 20.8 Å². The molecule has 1 aromatic carbocycles. The first kappa shape index (κ1) is 19.9. The molecule has 31 heavy (non-hydrogen) atoms. The van der Waals surface area contributed by atoms with Gasteiger partial charge in [-0.15, -0.1) is 13.2 Å². The average Bonchev–Trinajstić information content (AvgIpc) is 3.52. The fourth-order valence-corrected chi connectivity index (χ4v) is 4.39. The van der Waals surface area contributed by atoms with Crippen LogP contribution in [-0.2, 0) is 0 Å². The van der Waals surface area contributed by atoms with Gasteiger partial charge in [0.25, 0.3) is 5.91 Å². The number of likely N-dealkylation sites (tertiary alicyclic amines) is 1. The first-order valence-corrected chi connectivity index (χ1v) is 10.5. The number of hydrogen-bond donors (Lipinski definition) is 1. The van der Waals surface area contributed by atoms with Gasteiger partial charge in [-0.1, -0.05) is 0 Å². The standard InChI is InChI=1S/C23H22F3N3O2/c24-23(25,26)31-18-5-3-16(4-6-18)22(30)29-9-7-15(8-10-29)20-13-28-21-19(20)11-17(12-27-21)14-1-2-14/h3-6,11-15H,1-2,7-10H2,(H,27,28). The van der Waals surface area contributed by atoms with Crippen LogP contribution in [0.15, 0.2) is 42.7 Å². The molecule has 1 saturated heterocycles. The minimum atomic E-state index is -4.75. The molecule has 0 unspecified atom stereocenters. The lowest BCUT2D eigenvalue weighted by Gasteiger charge is -2.32. The Balaban J connectivity index is 1.25. The molecule has 0 spiro atoms. The van der Waals surface area contributed by atoms with Crippen molar-refractivity contribution in [2.45, 2.75) is 43.9 Å². The molecule has 1 amide bonds. The summed E-state index contributed by atoms with van der Waals surface area (Å²) in [6, 6.07) is 7.35. The summed E-state index contributed by atoms with van der Waals surface area (Å²) in [6.45, 7) is 1.21. The summed E-state index contributed by atoms with van der Waals surface area (Å²) in [5.74, 6) is 0.485. The Labute approximate surface area is 177 Å². The van der Waals surface area contributed by atoms with Crippen molar-refractivity contribution in [2.24, 2.45) is 0 Å². The number of benzene rings is 1. The third kappa shape index (κ3) is 4.24. The van der Waals surface area contributed by atoms with Crippen LogP contribution in [0.4, 0.5) is 13.2 Å². The number of alkyl halides is 3. The van der Waals surface area contributed by atoms with Crippen molar-refractivity contribution in [1.29, 1.82) is 0 Å². The van der Waals surface area contributed by atoms with Crippen LogP contribution in [0.3, 0.4) is 0 Å². The molecule has 2 fully saturated rings. The van der Waals surface area contributed by atoms with Gasteiger partial charge in [0.15, 0.2) is 0 Å². The Kier molecular flexibility index (Phi) is 4.87. The van der Waals surface area contributed by atoms with Crippen LogP contribution >= 0.6 is 0 Å². The van der Waals surface area contributed by atoms with Gasteiger partial charge in [-0.3, -0.25) is 4.79 Å². The lowest BCUT2D eigenvalue weighted by molar-refractivity contribution is -0.274. The number of piperidine rings is 1. The van der Waals surface area contributed by atoms with Crippen LogP contribution in [0.1, 0.15) is 59.0 Å². The van der Waals surface area contributed by atoms with E-state index in [1.807, 2.05) is 12.4 Å². The number of aromatic amines is 1. The van der Waals surface area contributed by atoms with Gasteiger partial charge in [0, 0.05) is 36.4 Å². The molecule has 162 valence electrons. The molecule has 1 N–H and O–H groups in total. The fourth-order valence-electron chi connectivity index (χ4n) is 4.39. The van der Waals surface area contributed by atoms with Crippen molar-refractivity contribution in [3.63, 3.8) is 0 Å². The number of hydrogen-bond acceptors (Lipinski definition) is 3. The summed E-state index contributed by atoms with van der Waals surface area (Å²) >= 11 is 0. The molecule has 5 nitrogen and oxygen atoms in total. The average molecular weight is 429 g/mol. The van der Waals surface area contributed by atoms with Crippen molar-refractivity contribution in [1.82, 2.24) is 14.9 Å². The molecule has 0 atom stereocenters. The van der Waals surface area contributed by atoms with Crippen molar-refractivity contribution >= 4 is 16.9 Å². The summed E-state index contributed by atoms with van der Waals surface area (Å²) in [5.41, 5.74) is 3.82. The SMILES string of the molecule is O=C(c1ccc(OC(F)(F)F)cc1)N1CCC(c2c[nH]c3ncc(C4CC4)cc23)CC1. The second kappa shape index (κ2) is 7.59. The molecule has 0 radical (unpaired) electrons. The molecule has 1 aliphatic heterocycles. The molecule has 8 heteroatoms. The Hall–Kier alpha value is -3.03. The van der Waals surface area contributed by atoms with Crippen molar-refractivity contribution in [2.75, 3.05) is 13.1 Å². The van der Waals surface area contributed by atoms with Crippen molar-refractivity contribution in [3.05, 3.63) is 59.4 Å². The number of pyridine rings is 1. The molecule has 1 aliphatic carbocycles. The number of carbonyl (C=O) groups excluding carboxylic acids is 1. The third-order valence-electron chi connectivity index (χ3n) is 6.19. The molecule has 1 saturated carbocycles. The maximum Gasteiger partial charge on any atom is 0.573 e. The molecule has 2 aliphatic rings. The summed E-state index contributed by atoms with van der Waals surface area (Å²) in [6.07, 6.45) is 3.39. The van der Waals surface area contributed by atoms with Crippen LogP contribution < -0.4 is 4.74 Å². The number of rotatable bonds is 4. The second-order valence-electron chi connectivity index (χ2n) is 8.32. The van der Waals surface area contributed by atoms with Crippen LogP contribution in [0.2, 0.25) is 0 Å². The van der Waals surface area contributed by atoms with E-state index < -0.39 is 6.36 Å². The zero-order chi connectivity index (χ0) is 21.6. The first-order chi connectivity index (χ1) is 14.9. The van der Waals surface area contributed by atoms with E-state index in [4.69, 9.17) is 0 Å². The van der Waals surface area contributed by atoms with Gasteiger partial charge in [0.1, 0.15) is 11.4 Å². The fraction of sp³-hybridized carbons (Fsp3) is 0.391. The van der Waals surface area contributed by atoms with E-state index in [1.54, 1.807) is 4.90 Å². The van der Waals surface area contributed by atoms with Gasteiger partial charge >= 0.3 is 6.36 Å². The van der Waals surface area contributed by atoms with E-state index in [0.717, 1.165) is 18.5 Å². The minimum absolute atomic E-state index is 0.173. The Morgan fingerprint density at radius 1 is 1.06 bits per heavy atom. The van der Waals surface area contributed by atoms with Gasteiger partial charge in [-0.25, -0.2) is 4.98 Å². The van der Waals surface area contributed by atoms with E-state index in [-0.39, 0.29) is 11.7 Å². The van der Waals surface area contributed by atoms with Gasteiger partial charge in [-0.05, 0) is 79.0 Å². The van der Waals surface area contributed by atoms with Crippen LogP contribution in [0.25, 0.3) is 11.0 Å². The number of nitrogens with zero attached hydrogens (tertiary/aromatic N) is 2. The highest BCUT2D eigenvalue weighted by atomic mass is 19.4. The molecular weight excluding hydrogens is 407 g/mol. The Morgan fingerprint density at radius 3 is 2.42 bits per heavy atom. The zero-order valence-corrected chi connectivity index (χ0v) is 16.8. The number of carbonyl (C=O) groups is 1. The van der Waals surface area contributed by atoms with E-state index in [9.17, 15) is 18.0 Å². The number of nitrogens with one attached hydrogen (secondary N) is 1. The Bertz CT molecular complexity index is 1100. The zero-order valence-electron chi connectivity index (χ0n) is 16.8. The lowest BCUT2D eigenvalue weighted by atomic mass is 9.89. The number of aromatic nitrogens is 2. The first-order valence-electron chi connectivity index (χ1n) is 10.5. The number of ether oxygens (including phenoxy) is 1. The van der Waals surface area contributed by atoms with Crippen molar-refractivity contribution in [3.8, 4) is 5.75 Å². The molecule has 0 bridgehead atoms. The van der Waals surface area contributed by atoms with Gasteiger partial charge in [0.05, 0.1) is 0 Å². The van der Waals surface area contributed by atoms with Gasteiger partial charge < -0.3 is 14.6 Å². The normalized spacial score (nSPS) is 17.8. The number of H-pyrrole nitrogens is 1. The molecule has 3 aromatic rings. The predicted octanol–water partition coefficient (Wildman–Crippen LogP) is 5.36. The van der Waals surface area contributed by atoms with E-state index in [1.165, 1.54) is 53.6 Å². The van der Waals surface area contributed by atoms with Crippen LogP contribution in [-0.4, -0.2) is 40.2 Å². The third-order valence-corrected chi connectivity index (χ3v) is 6.19. The predicted molar refractivity (Wildman–Crippen MR) is 109 cm³/mol. The number of fused-ring (bicyclic) bond motifs is 1. The summed E-state index contributed by atoms with van der Waals surface area (Å²) < 4.78 is 40.8. The topological polar surface area (TPSA) is 58.2 Å². The Morgan fingerprint density at radius 2 is 1.77 bits per heavy atom. The minimum Gasteiger partial charge on any atom is -0.406 e.